The van der Waals surface area contributed by atoms with Gasteiger partial charge in [-0.25, -0.2) is 0 Å². The first-order valence-electron chi connectivity index (χ1n) is 7.78. The third-order valence-corrected chi connectivity index (χ3v) is 4.39. The molecule has 132 valence electrons. The highest BCUT2D eigenvalue weighted by atomic mass is 35.5. The van der Waals surface area contributed by atoms with Gasteiger partial charge in [-0.1, -0.05) is 47.0 Å². The fourth-order valence-corrected chi connectivity index (χ4v) is 2.62. The van der Waals surface area contributed by atoms with E-state index in [4.69, 9.17) is 27.9 Å². The van der Waals surface area contributed by atoms with Crippen LogP contribution in [0.3, 0.4) is 0 Å². The van der Waals surface area contributed by atoms with Crippen molar-refractivity contribution in [1.29, 1.82) is 0 Å². The Hall–Kier alpha value is -2.04. The standard InChI is InChI=1S/C19H19Cl2NO3/c1-11-4-7-17(12(2)8-11)22-19(24)13(3)25-18(23)10-14-5-6-15(20)16(21)9-14/h4-9,13H,10H2,1-3H3,(H,22,24). The van der Waals surface area contributed by atoms with E-state index in [9.17, 15) is 9.59 Å². The molecule has 1 amide bonds. The summed E-state index contributed by atoms with van der Waals surface area (Å²) in [6, 6.07) is 10.6. The van der Waals surface area contributed by atoms with Crippen LogP contribution in [0.2, 0.25) is 10.0 Å². The molecule has 0 bridgehead atoms. The van der Waals surface area contributed by atoms with Crippen LogP contribution in [-0.2, 0) is 20.7 Å². The number of anilines is 1. The smallest absolute Gasteiger partial charge is 0.311 e. The summed E-state index contributed by atoms with van der Waals surface area (Å²) < 4.78 is 5.19. The number of carbonyl (C=O) groups excluding carboxylic acids is 2. The fourth-order valence-electron chi connectivity index (χ4n) is 2.30. The highest BCUT2D eigenvalue weighted by Crippen LogP contribution is 2.23. The zero-order valence-electron chi connectivity index (χ0n) is 14.2. The number of benzene rings is 2. The lowest BCUT2D eigenvalue weighted by Gasteiger charge is -2.15. The molecule has 2 aromatic carbocycles. The van der Waals surface area contributed by atoms with E-state index in [0.29, 0.717) is 21.3 Å². The summed E-state index contributed by atoms with van der Waals surface area (Å²) >= 11 is 11.8. The molecular formula is C19H19Cl2NO3. The third kappa shape index (κ3) is 5.48. The monoisotopic (exact) mass is 379 g/mol. The van der Waals surface area contributed by atoms with Crippen molar-refractivity contribution in [2.45, 2.75) is 33.3 Å². The second kappa shape index (κ2) is 8.37. The van der Waals surface area contributed by atoms with E-state index in [1.165, 1.54) is 6.92 Å². The molecular weight excluding hydrogens is 361 g/mol. The minimum Gasteiger partial charge on any atom is -0.452 e. The summed E-state index contributed by atoms with van der Waals surface area (Å²) in [7, 11) is 0. The Bertz CT molecular complexity index is 805. The van der Waals surface area contributed by atoms with Gasteiger partial charge in [0, 0.05) is 5.69 Å². The Kier molecular flexibility index (Phi) is 6.45. The zero-order valence-corrected chi connectivity index (χ0v) is 15.7. The molecule has 25 heavy (non-hydrogen) atoms. The van der Waals surface area contributed by atoms with Crippen molar-refractivity contribution >= 4 is 40.8 Å². The number of hydrogen-bond acceptors (Lipinski definition) is 3. The van der Waals surface area contributed by atoms with Gasteiger partial charge in [-0.15, -0.1) is 0 Å². The Balaban J connectivity index is 1.93. The molecule has 0 saturated carbocycles. The summed E-state index contributed by atoms with van der Waals surface area (Å²) in [6.45, 7) is 5.42. The van der Waals surface area contributed by atoms with Crippen LogP contribution >= 0.6 is 23.2 Å². The van der Waals surface area contributed by atoms with Gasteiger partial charge in [-0.2, -0.15) is 0 Å². The molecule has 0 saturated heterocycles. The lowest BCUT2D eigenvalue weighted by atomic mass is 10.1. The van der Waals surface area contributed by atoms with Crippen LogP contribution in [0.5, 0.6) is 0 Å². The van der Waals surface area contributed by atoms with Crippen LogP contribution in [0.4, 0.5) is 5.69 Å². The molecule has 0 spiro atoms. The Morgan fingerprint density at radius 3 is 2.44 bits per heavy atom. The Morgan fingerprint density at radius 2 is 1.80 bits per heavy atom. The molecule has 0 aromatic heterocycles. The lowest BCUT2D eigenvalue weighted by molar-refractivity contribution is -0.152. The molecule has 1 N–H and O–H groups in total. The Labute approximate surface area is 157 Å². The number of nitrogens with one attached hydrogen (secondary N) is 1. The largest absolute Gasteiger partial charge is 0.452 e. The summed E-state index contributed by atoms with van der Waals surface area (Å²) in [5.74, 6) is -0.892. The van der Waals surface area contributed by atoms with Gasteiger partial charge >= 0.3 is 5.97 Å². The van der Waals surface area contributed by atoms with Crippen LogP contribution in [0.15, 0.2) is 36.4 Å². The van der Waals surface area contributed by atoms with Crippen LogP contribution in [-0.4, -0.2) is 18.0 Å². The molecule has 6 heteroatoms. The van der Waals surface area contributed by atoms with E-state index in [1.54, 1.807) is 18.2 Å². The topological polar surface area (TPSA) is 55.4 Å². The first kappa shape index (κ1) is 19.3. The molecule has 1 unspecified atom stereocenters. The molecule has 0 fully saturated rings. The number of aryl methyl sites for hydroxylation is 2. The van der Waals surface area contributed by atoms with Gasteiger partial charge in [-0.05, 0) is 50.1 Å². The van der Waals surface area contributed by atoms with Crippen LogP contribution in [0, 0.1) is 13.8 Å². The van der Waals surface area contributed by atoms with Gasteiger partial charge in [0.1, 0.15) is 0 Å². The van der Waals surface area contributed by atoms with E-state index < -0.39 is 12.1 Å². The summed E-state index contributed by atoms with van der Waals surface area (Å²) in [5.41, 5.74) is 3.42. The average molecular weight is 380 g/mol. The highest BCUT2D eigenvalue weighted by molar-refractivity contribution is 6.42. The van der Waals surface area contributed by atoms with Crippen molar-refractivity contribution in [2.75, 3.05) is 5.32 Å². The molecule has 0 aliphatic rings. The van der Waals surface area contributed by atoms with Gasteiger partial charge in [0.2, 0.25) is 0 Å². The average Bonchev–Trinajstić information content (AvgIpc) is 2.53. The van der Waals surface area contributed by atoms with Crippen molar-refractivity contribution in [3.05, 3.63) is 63.1 Å². The molecule has 0 heterocycles. The van der Waals surface area contributed by atoms with Crippen molar-refractivity contribution < 1.29 is 14.3 Å². The van der Waals surface area contributed by atoms with Crippen molar-refractivity contribution in [3.8, 4) is 0 Å². The molecule has 2 rings (SSSR count). The van der Waals surface area contributed by atoms with Crippen LogP contribution in [0.25, 0.3) is 0 Å². The van der Waals surface area contributed by atoms with Crippen molar-refractivity contribution in [1.82, 2.24) is 0 Å². The fraction of sp³-hybridized carbons (Fsp3) is 0.263. The van der Waals surface area contributed by atoms with Gasteiger partial charge < -0.3 is 10.1 Å². The number of esters is 1. The van der Waals surface area contributed by atoms with Gasteiger partial charge in [-0.3, -0.25) is 9.59 Å². The van der Waals surface area contributed by atoms with E-state index in [0.717, 1.165) is 11.1 Å². The number of rotatable bonds is 5. The summed E-state index contributed by atoms with van der Waals surface area (Å²) in [4.78, 5) is 24.2. The highest BCUT2D eigenvalue weighted by Gasteiger charge is 2.19. The summed E-state index contributed by atoms with van der Waals surface area (Å²) in [6.07, 6.45) is -0.895. The number of carbonyl (C=O) groups is 2. The zero-order chi connectivity index (χ0) is 18.6. The minimum absolute atomic E-state index is 0.0120. The Morgan fingerprint density at radius 1 is 1.08 bits per heavy atom. The number of amides is 1. The predicted octanol–water partition coefficient (Wildman–Crippen LogP) is 4.72. The van der Waals surface area contributed by atoms with Crippen LogP contribution in [0.1, 0.15) is 23.6 Å². The number of ether oxygens (including phenoxy) is 1. The maximum Gasteiger partial charge on any atom is 0.311 e. The van der Waals surface area contributed by atoms with Crippen molar-refractivity contribution in [3.63, 3.8) is 0 Å². The number of halogens is 2. The first-order chi connectivity index (χ1) is 11.8. The lowest BCUT2D eigenvalue weighted by Crippen LogP contribution is -2.30. The maximum atomic E-state index is 12.2. The van der Waals surface area contributed by atoms with E-state index in [-0.39, 0.29) is 12.3 Å². The molecule has 1 atom stereocenters. The van der Waals surface area contributed by atoms with Gasteiger partial charge in [0.25, 0.3) is 5.91 Å². The van der Waals surface area contributed by atoms with E-state index in [1.807, 2.05) is 32.0 Å². The van der Waals surface area contributed by atoms with Gasteiger partial charge in [0.15, 0.2) is 6.10 Å². The predicted molar refractivity (Wildman–Crippen MR) is 100 cm³/mol. The van der Waals surface area contributed by atoms with Gasteiger partial charge in [0.05, 0.1) is 16.5 Å². The molecule has 2 aromatic rings. The third-order valence-electron chi connectivity index (χ3n) is 3.65. The molecule has 0 aliphatic heterocycles. The second-order valence-electron chi connectivity index (χ2n) is 5.86. The number of hydrogen-bond donors (Lipinski definition) is 1. The second-order valence-corrected chi connectivity index (χ2v) is 6.68. The summed E-state index contributed by atoms with van der Waals surface area (Å²) in [5, 5.41) is 3.55. The molecule has 0 aliphatic carbocycles. The molecule has 0 radical (unpaired) electrons. The first-order valence-corrected chi connectivity index (χ1v) is 8.53. The van der Waals surface area contributed by atoms with E-state index in [2.05, 4.69) is 5.32 Å². The van der Waals surface area contributed by atoms with Crippen LogP contribution < -0.4 is 5.32 Å². The normalized spacial score (nSPS) is 11.7. The van der Waals surface area contributed by atoms with E-state index >= 15 is 0 Å². The maximum absolute atomic E-state index is 12.2. The quantitative estimate of drug-likeness (QED) is 0.764. The SMILES string of the molecule is Cc1ccc(NC(=O)C(C)OC(=O)Cc2ccc(Cl)c(Cl)c2)c(C)c1. The minimum atomic E-state index is -0.907. The molecule has 4 nitrogen and oxygen atoms in total. The van der Waals surface area contributed by atoms with Crippen molar-refractivity contribution in [2.24, 2.45) is 0 Å².